The van der Waals surface area contributed by atoms with E-state index >= 15 is 0 Å². The molecule has 1 aromatic rings. The van der Waals surface area contributed by atoms with Gasteiger partial charge in [-0.2, -0.15) is 0 Å². The smallest absolute Gasteiger partial charge is 0.0558 e. The number of piperazine rings is 1. The van der Waals surface area contributed by atoms with E-state index in [1.165, 1.54) is 16.7 Å². The molecule has 0 amide bonds. The van der Waals surface area contributed by atoms with Crippen LogP contribution in [0.4, 0.5) is 0 Å². The van der Waals surface area contributed by atoms with Crippen molar-refractivity contribution in [2.24, 2.45) is 0 Å². The first-order valence-electron chi connectivity index (χ1n) is 6.04. The highest BCUT2D eigenvalue weighted by molar-refractivity contribution is 5.36. The molecule has 2 rings (SSSR count). The maximum atomic E-state index is 3.51. The second kappa shape index (κ2) is 4.19. The largest absolute Gasteiger partial charge is 0.313 e. The summed E-state index contributed by atoms with van der Waals surface area (Å²) >= 11 is 0. The average molecular weight is 218 g/mol. The molecule has 1 saturated heterocycles. The molecule has 1 atom stereocenters. The summed E-state index contributed by atoms with van der Waals surface area (Å²) in [4.78, 5) is 2.46. The molecular weight excluding hydrogens is 196 g/mol. The quantitative estimate of drug-likeness (QED) is 0.776. The summed E-state index contributed by atoms with van der Waals surface area (Å²) in [7, 11) is 2.22. The van der Waals surface area contributed by atoms with Gasteiger partial charge < -0.3 is 5.32 Å². The standard InChI is InChI=1S/C14H22N2/c1-11-5-6-12(2)13(9-11)14(3)10-15-7-8-16(14)4/h5-6,9,15H,7-8,10H2,1-4H3. The SMILES string of the molecule is Cc1ccc(C)c(C2(C)CNCCN2C)c1. The Morgan fingerprint density at radius 2 is 2.06 bits per heavy atom. The summed E-state index contributed by atoms with van der Waals surface area (Å²) < 4.78 is 0. The van der Waals surface area contributed by atoms with Crippen molar-refractivity contribution in [3.05, 3.63) is 34.9 Å². The molecule has 2 nitrogen and oxygen atoms in total. The van der Waals surface area contributed by atoms with Crippen LogP contribution in [0.1, 0.15) is 23.6 Å². The maximum absolute atomic E-state index is 3.51. The predicted molar refractivity (Wildman–Crippen MR) is 68.8 cm³/mol. The molecule has 1 fully saturated rings. The van der Waals surface area contributed by atoms with Crippen LogP contribution in [-0.2, 0) is 5.54 Å². The number of hydrogen-bond donors (Lipinski definition) is 1. The lowest BCUT2D eigenvalue weighted by molar-refractivity contribution is 0.103. The van der Waals surface area contributed by atoms with E-state index in [9.17, 15) is 0 Å². The van der Waals surface area contributed by atoms with Crippen molar-refractivity contribution in [1.29, 1.82) is 0 Å². The lowest BCUT2D eigenvalue weighted by atomic mass is 9.85. The zero-order chi connectivity index (χ0) is 11.8. The van der Waals surface area contributed by atoms with Crippen molar-refractivity contribution < 1.29 is 0 Å². The molecule has 0 bridgehead atoms. The first-order chi connectivity index (χ1) is 7.54. The van der Waals surface area contributed by atoms with Gasteiger partial charge in [-0.1, -0.05) is 23.8 Å². The molecule has 16 heavy (non-hydrogen) atoms. The Hall–Kier alpha value is -0.860. The zero-order valence-corrected chi connectivity index (χ0v) is 10.8. The van der Waals surface area contributed by atoms with Crippen LogP contribution >= 0.6 is 0 Å². The summed E-state index contributed by atoms with van der Waals surface area (Å²) in [5, 5.41) is 3.51. The number of rotatable bonds is 1. The van der Waals surface area contributed by atoms with Crippen molar-refractivity contribution in [2.45, 2.75) is 26.3 Å². The van der Waals surface area contributed by atoms with Crippen LogP contribution in [-0.4, -0.2) is 31.6 Å². The Kier molecular flexibility index (Phi) is 3.04. The Morgan fingerprint density at radius 3 is 2.75 bits per heavy atom. The first-order valence-corrected chi connectivity index (χ1v) is 6.04. The number of nitrogens with zero attached hydrogens (tertiary/aromatic N) is 1. The molecule has 1 aliphatic rings. The van der Waals surface area contributed by atoms with E-state index in [-0.39, 0.29) is 5.54 Å². The molecule has 1 unspecified atom stereocenters. The number of benzene rings is 1. The summed E-state index contributed by atoms with van der Waals surface area (Å²) in [5.74, 6) is 0. The lowest BCUT2D eigenvalue weighted by Gasteiger charge is -2.44. The second-order valence-corrected chi connectivity index (χ2v) is 5.19. The second-order valence-electron chi connectivity index (χ2n) is 5.19. The van der Waals surface area contributed by atoms with Crippen LogP contribution in [0.15, 0.2) is 18.2 Å². The molecule has 1 heterocycles. The Bertz CT molecular complexity index is 386. The molecule has 1 aromatic carbocycles. The number of nitrogens with one attached hydrogen (secondary N) is 1. The highest BCUT2D eigenvalue weighted by atomic mass is 15.2. The van der Waals surface area contributed by atoms with Crippen molar-refractivity contribution in [2.75, 3.05) is 26.7 Å². The minimum atomic E-state index is 0.133. The van der Waals surface area contributed by atoms with Gasteiger partial charge in [-0.25, -0.2) is 0 Å². The van der Waals surface area contributed by atoms with Gasteiger partial charge in [0.1, 0.15) is 0 Å². The van der Waals surface area contributed by atoms with E-state index in [2.05, 4.69) is 56.2 Å². The molecule has 88 valence electrons. The Morgan fingerprint density at radius 1 is 1.31 bits per heavy atom. The van der Waals surface area contributed by atoms with Gasteiger partial charge in [-0.3, -0.25) is 4.90 Å². The molecule has 0 aliphatic carbocycles. The van der Waals surface area contributed by atoms with Gasteiger partial charge in [0.15, 0.2) is 0 Å². The fourth-order valence-electron chi connectivity index (χ4n) is 2.58. The molecular formula is C14H22N2. The van der Waals surface area contributed by atoms with Crippen LogP contribution in [0, 0.1) is 13.8 Å². The lowest BCUT2D eigenvalue weighted by Crippen LogP contribution is -2.55. The Balaban J connectivity index is 2.44. The topological polar surface area (TPSA) is 15.3 Å². The van der Waals surface area contributed by atoms with E-state index in [4.69, 9.17) is 0 Å². The Labute approximate surface area is 98.7 Å². The van der Waals surface area contributed by atoms with E-state index in [0.717, 1.165) is 19.6 Å². The van der Waals surface area contributed by atoms with Crippen molar-refractivity contribution in [1.82, 2.24) is 10.2 Å². The van der Waals surface area contributed by atoms with Crippen LogP contribution in [0.25, 0.3) is 0 Å². The van der Waals surface area contributed by atoms with Crippen LogP contribution < -0.4 is 5.32 Å². The summed E-state index contributed by atoms with van der Waals surface area (Å²) in [5.41, 5.74) is 4.33. The minimum absolute atomic E-state index is 0.133. The summed E-state index contributed by atoms with van der Waals surface area (Å²) in [6.07, 6.45) is 0. The monoisotopic (exact) mass is 218 g/mol. The molecule has 2 heteroatoms. The third-order valence-corrected chi connectivity index (χ3v) is 3.91. The van der Waals surface area contributed by atoms with Gasteiger partial charge in [0, 0.05) is 19.6 Å². The molecule has 1 aliphatic heterocycles. The van der Waals surface area contributed by atoms with E-state index in [1.807, 2.05) is 0 Å². The third-order valence-electron chi connectivity index (χ3n) is 3.91. The van der Waals surface area contributed by atoms with Gasteiger partial charge in [-0.15, -0.1) is 0 Å². The van der Waals surface area contributed by atoms with Gasteiger partial charge in [0.25, 0.3) is 0 Å². The van der Waals surface area contributed by atoms with Gasteiger partial charge in [0.05, 0.1) is 5.54 Å². The molecule has 0 saturated carbocycles. The highest BCUT2D eigenvalue weighted by Gasteiger charge is 2.34. The fraction of sp³-hybridized carbons (Fsp3) is 0.571. The average Bonchev–Trinajstić information content (AvgIpc) is 2.26. The summed E-state index contributed by atoms with van der Waals surface area (Å²) in [6, 6.07) is 6.76. The predicted octanol–water partition coefficient (Wildman–Crippen LogP) is 2.05. The number of aryl methyl sites for hydroxylation is 2. The highest BCUT2D eigenvalue weighted by Crippen LogP contribution is 2.31. The van der Waals surface area contributed by atoms with E-state index in [0.29, 0.717) is 0 Å². The van der Waals surface area contributed by atoms with Crippen molar-refractivity contribution in [3.8, 4) is 0 Å². The number of likely N-dealkylation sites (N-methyl/N-ethyl adjacent to an activating group) is 1. The van der Waals surface area contributed by atoms with Crippen LogP contribution in [0.5, 0.6) is 0 Å². The number of hydrogen-bond acceptors (Lipinski definition) is 2. The third kappa shape index (κ3) is 1.87. The van der Waals surface area contributed by atoms with Crippen LogP contribution in [0.2, 0.25) is 0 Å². The molecule has 0 aromatic heterocycles. The first kappa shape index (κ1) is 11.6. The molecule has 0 radical (unpaired) electrons. The fourth-order valence-corrected chi connectivity index (χ4v) is 2.58. The van der Waals surface area contributed by atoms with E-state index < -0.39 is 0 Å². The van der Waals surface area contributed by atoms with E-state index in [1.54, 1.807) is 0 Å². The maximum Gasteiger partial charge on any atom is 0.0558 e. The normalized spacial score (nSPS) is 27.0. The van der Waals surface area contributed by atoms with Crippen molar-refractivity contribution in [3.63, 3.8) is 0 Å². The molecule has 1 N–H and O–H groups in total. The van der Waals surface area contributed by atoms with Crippen molar-refractivity contribution >= 4 is 0 Å². The van der Waals surface area contributed by atoms with Gasteiger partial charge in [0.2, 0.25) is 0 Å². The van der Waals surface area contributed by atoms with Gasteiger partial charge >= 0.3 is 0 Å². The van der Waals surface area contributed by atoms with Gasteiger partial charge in [-0.05, 0) is 38.9 Å². The minimum Gasteiger partial charge on any atom is -0.313 e. The molecule has 0 spiro atoms. The zero-order valence-electron chi connectivity index (χ0n) is 10.8. The summed E-state index contributed by atoms with van der Waals surface area (Å²) in [6.45, 7) is 9.96. The van der Waals surface area contributed by atoms with Crippen LogP contribution in [0.3, 0.4) is 0 Å².